The van der Waals surface area contributed by atoms with E-state index in [0.717, 1.165) is 6.07 Å². The van der Waals surface area contributed by atoms with Crippen LogP contribution in [0.15, 0.2) is 41.6 Å². The standard InChI is InChI=1S/C16H16N6O4S/c1-10-7-13(22(23)24)8-16(11(10)2)27(25,26)18-14-5-4-6-15(12(14)3)21-9-17-19-20-21/h4-9,18H,1-3H3. The monoisotopic (exact) mass is 388 g/mol. The van der Waals surface area contributed by atoms with Gasteiger partial charge < -0.3 is 0 Å². The van der Waals surface area contributed by atoms with Crippen LogP contribution in [0, 0.1) is 30.9 Å². The van der Waals surface area contributed by atoms with Crippen LogP contribution in [-0.2, 0) is 10.0 Å². The number of tetrazole rings is 1. The second-order valence-corrected chi connectivity index (χ2v) is 7.60. The van der Waals surface area contributed by atoms with Crippen LogP contribution >= 0.6 is 0 Å². The molecule has 0 aliphatic rings. The summed E-state index contributed by atoms with van der Waals surface area (Å²) in [6.45, 7) is 4.96. The van der Waals surface area contributed by atoms with Crippen molar-refractivity contribution in [1.82, 2.24) is 20.2 Å². The van der Waals surface area contributed by atoms with E-state index in [2.05, 4.69) is 20.2 Å². The van der Waals surface area contributed by atoms with E-state index in [1.54, 1.807) is 39.0 Å². The van der Waals surface area contributed by atoms with E-state index >= 15 is 0 Å². The van der Waals surface area contributed by atoms with Gasteiger partial charge in [0.1, 0.15) is 6.33 Å². The van der Waals surface area contributed by atoms with Crippen molar-refractivity contribution < 1.29 is 13.3 Å². The zero-order valence-corrected chi connectivity index (χ0v) is 15.6. The maximum Gasteiger partial charge on any atom is 0.271 e. The van der Waals surface area contributed by atoms with E-state index < -0.39 is 14.9 Å². The fourth-order valence-corrected chi connectivity index (χ4v) is 4.11. The van der Waals surface area contributed by atoms with E-state index in [9.17, 15) is 18.5 Å². The highest BCUT2D eigenvalue weighted by molar-refractivity contribution is 7.92. The molecule has 0 spiro atoms. The Morgan fingerprint density at radius 3 is 2.52 bits per heavy atom. The number of nitrogens with zero attached hydrogens (tertiary/aromatic N) is 5. The van der Waals surface area contributed by atoms with Gasteiger partial charge in [0.2, 0.25) is 0 Å². The van der Waals surface area contributed by atoms with Crippen molar-refractivity contribution in [3.05, 3.63) is 63.5 Å². The summed E-state index contributed by atoms with van der Waals surface area (Å²) in [5.74, 6) is 0. The van der Waals surface area contributed by atoms with E-state index in [-0.39, 0.29) is 10.6 Å². The molecule has 0 aliphatic heterocycles. The van der Waals surface area contributed by atoms with E-state index in [4.69, 9.17) is 0 Å². The van der Waals surface area contributed by atoms with Crippen LogP contribution < -0.4 is 4.72 Å². The van der Waals surface area contributed by atoms with Gasteiger partial charge in [0.05, 0.1) is 21.2 Å². The molecule has 0 aliphatic carbocycles. The molecule has 0 saturated heterocycles. The lowest BCUT2D eigenvalue weighted by Crippen LogP contribution is -2.16. The number of benzene rings is 2. The van der Waals surface area contributed by atoms with E-state index in [1.807, 2.05) is 0 Å². The second kappa shape index (κ2) is 6.76. The number of anilines is 1. The first-order valence-electron chi connectivity index (χ1n) is 7.82. The summed E-state index contributed by atoms with van der Waals surface area (Å²) in [6.07, 6.45) is 1.40. The maximum absolute atomic E-state index is 12.9. The fourth-order valence-electron chi connectivity index (χ4n) is 2.65. The first-order valence-corrected chi connectivity index (χ1v) is 9.30. The number of hydrogen-bond donors (Lipinski definition) is 1. The van der Waals surface area contributed by atoms with Crippen molar-refractivity contribution in [3.8, 4) is 5.69 Å². The molecule has 0 fully saturated rings. The zero-order valence-electron chi connectivity index (χ0n) is 14.7. The smallest absolute Gasteiger partial charge is 0.271 e. The summed E-state index contributed by atoms with van der Waals surface area (Å²) in [6, 6.07) is 7.41. The van der Waals surface area contributed by atoms with Gasteiger partial charge >= 0.3 is 0 Å². The van der Waals surface area contributed by atoms with Crippen LogP contribution in [0.1, 0.15) is 16.7 Å². The number of sulfonamides is 1. The van der Waals surface area contributed by atoms with Gasteiger partial charge in [-0.15, -0.1) is 5.10 Å². The van der Waals surface area contributed by atoms with Crippen LogP contribution in [0.25, 0.3) is 5.69 Å². The average Bonchev–Trinajstić information content (AvgIpc) is 3.12. The molecule has 0 saturated carbocycles. The molecule has 0 amide bonds. The molecule has 2 aromatic carbocycles. The number of nitro groups is 1. The molecule has 3 aromatic rings. The first-order chi connectivity index (χ1) is 12.7. The molecule has 0 unspecified atom stereocenters. The number of rotatable bonds is 5. The lowest BCUT2D eigenvalue weighted by Gasteiger charge is -2.15. The topological polar surface area (TPSA) is 133 Å². The van der Waals surface area contributed by atoms with Gasteiger partial charge in [-0.05, 0) is 60.0 Å². The molecule has 1 aromatic heterocycles. The van der Waals surface area contributed by atoms with Crippen LogP contribution in [0.3, 0.4) is 0 Å². The fraction of sp³-hybridized carbons (Fsp3) is 0.188. The molecular formula is C16H16N6O4S. The Morgan fingerprint density at radius 2 is 1.89 bits per heavy atom. The van der Waals surface area contributed by atoms with Gasteiger partial charge in [-0.3, -0.25) is 14.8 Å². The third-order valence-electron chi connectivity index (χ3n) is 4.25. The van der Waals surface area contributed by atoms with Crippen LogP contribution in [-0.4, -0.2) is 33.5 Å². The summed E-state index contributed by atoms with van der Waals surface area (Å²) in [5.41, 5.74) is 2.22. The summed E-state index contributed by atoms with van der Waals surface area (Å²) in [5, 5.41) is 22.0. The predicted octanol–water partition coefficient (Wildman–Crippen LogP) is 2.30. The highest BCUT2D eigenvalue weighted by Gasteiger charge is 2.23. The quantitative estimate of drug-likeness (QED) is 0.523. The minimum atomic E-state index is -4.05. The number of hydrogen-bond acceptors (Lipinski definition) is 7. The van der Waals surface area contributed by atoms with Crippen molar-refractivity contribution in [2.75, 3.05) is 4.72 Å². The number of aryl methyl sites for hydroxylation is 1. The van der Waals surface area contributed by atoms with Crippen molar-refractivity contribution in [2.45, 2.75) is 25.7 Å². The molecule has 27 heavy (non-hydrogen) atoms. The normalized spacial score (nSPS) is 11.4. The Bertz CT molecular complexity index is 1130. The third-order valence-corrected chi connectivity index (χ3v) is 5.74. The third kappa shape index (κ3) is 3.49. The maximum atomic E-state index is 12.9. The van der Waals surface area contributed by atoms with Crippen molar-refractivity contribution in [2.24, 2.45) is 0 Å². The number of non-ortho nitro benzene ring substituents is 1. The van der Waals surface area contributed by atoms with Crippen molar-refractivity contribution >= 4 is 21.4 Å². The summed E-state index contributed by atoms with van der Waals surface area (Å²) in [4.78, 5) is 10.3. The van der Waals surface area contributed by atoms with Gasteiger partial charge in [0, 0.05) is 12.1 Å². The molecule has 11 heteroatoms. The molecule has 140 valence electrons. The van der Waals surface area contributed by atoms with Crippen molar-refractivity contribution in [3.63, 3.8) is 0 Å². The molecule has 1 N–H and O–H groups in total. The number of nitrogens with one attached hydrogen (secondary N) is 1. The molecule has 0 radical (unpaired) electrons. The Kier molecular flexibility index (Phi) is 4.62. The highest BCUT2D eigenvalue weighted by Crippen LogP contribution is 2.29. The Labute approximate surface area is 155 Å². The average molecular weight is 388 g/mol. The van der Waals surface area contributed by atoms with E-state index in [1.165, 1.54) is 17.1 Å². The lowest BCUT2D eigenvalue weighted by molar-refractivity contribution is -0.385. The number of nitro benzene ring substituents is 1. The largest absolute Gasteiger partial charge is 0.279 e. The highest BCUT2D eigenvalue weighted by atomic mass is 32.2. The molecule has 0 atom stereocenters. The van der Waals surface area contributed by atoms with Gasteiger partial charge in [-0.25, -0.2) is 13.1 Å². The molecule has 0 bridgehead atoms. The number of aromatic nitrogens is 4. The van der Waals surface area contributed by atoms with E-state index in [0.29, 0.717) is 28.1 Å². The molecule has 10 nitrogen and oxygen atoms in total. The Morgan fingerprint density at radius 1 is 1.15 bits per heavy atom. The van der Waals surface area contributed by atoms with Crippen LogP contribution in [0.5, 0.6) is 0 Å². The predicted molar refractivity (Wildman–Crippen MR) is 97.3 cm³/mol. The van der Waals surface area contributed by atoms with Gasteiger partial charge in [0.25, 0.3) is 15.7 Å². The lowest BCUT2D eigenvalue weighted by atomic mass is 10.1. The summed E-state index contributed by atoms with van der Waals surface area (Å²) >= 11 is 0. The zero-order chi connectivity index (χ0) is 19.8. The van der Waals surface area contributed by atoms with Gasteiger partial charge in [-0.1, -0.05) is 6.07 Å². The summed E-state index contributed by atoms with van der Waals surface area (Å²) < 4.78 is 29.8. The molecule has 1 heterocycles. The van der Waals surface area contributed by atoms with Crippen molar-refractivity contribution in [1.29, 1.82) is 0 Å². The minimum absolute atomic E-state index is 0.138. The SMILES string of the molecule is Cc1cc([N+](=O)[O-])cc(S(=O)(=O)Nc2cccc(-n3cnnn3)c2C)c1C. The van der Waals surface area contributed by atoms with Gasteiger partial charge in [0.15, 0.2) is 0 Å². The molecule has 3 rings (SSSR count). The first kappa shape index (κ1) is 18.5. The Hall–Kier alpha value is -3.34. The summed E-state index contributed by atoms with van der Waals surface area (Å²) in [7, 11) is -4.05. The minimum Gasteiger partial charge on any atom is -0.279 e. The second-order valence-electron chi connectivity index (χ2n) is 5.95. The molecular weight excluding hydrogens is 372 g/mol. The van der Waals surface area contributed by atoms with Crippen LogP contribution in [0.4, 0.5) is 11.4 Å². The van der Waals surface area contributed by atoms with Gasteiger partial charge in [-0.2, -0.15) is 0 Å². The Balaban J connectivity index is 2.06. The van der Waals surface area contributed by atoms with Crippen LogP contribution in [0.2, 0.25) is 0 Å².